The van der Waals surface area contributed by atoms with Crippen molar-refractivity contribution in [3.63, 3.8) is 0 Å². The van der Waals surface area contributed by atoms with E-state index in [1.165, 1.54) is 88.3 Å². The molecule has 52 heavy (non-hydrogen) atoms. The average Bonchev–Trinajstić information content (AvgIpc) is 3.84. The third-order valence-corrected chi connectivity index (χ3v) is 11.5. The molecule has 0 aliphatic heterocycles. The van der Waals surface area contributed by atoms with E-state index >= 15 is 0 Å². The maximum Gasteiger partial charge on any atom is 0.0638 e. The Morgan fingerprint density at radius 3 is 2.15 bits per heavy atom. The summed E-state index contributed by atoms with van der Waals surface area (Å²) >= 11 is 0. The van der Waals surface area contributed by atoms with Gasteiger partial charge >= 0.3 is 0 Å². The summed E-state index contributed by atoms with van der Waals surface area (Å²) in [6.45, 7) is 2.35. The molecule has 0 saturated heterocycles. The van der Waals surface area contributed by atoms with Crippen molar-refractivity contribution >= 4 is 66.3 Å². The van der Waals surface area contributed by atoms with Gasteiger partial charge < -0.3 is 13.7 Å². The first-order chi connectivity index (χ1) is 25.8. The van der Waals surface area contributed by atoms with Gasteiger partial charge in [0.15, 0.2) is 0 Å². The Labute approximate surface area is 302 Å². The van der Waals surface area contributed by atoms with Crippen LogP contribution in [0, 0.1) is 5.92 Å². The molecule has 11 rings (SSSR count). The third-order valence-electron chi connectivity index (χ3n) is 11.5. The zero-order valence-electron chi connectivity index (χ0n) is 29.1. The largest absolute Gasteiger partial charge is 0.312 e. The fourth-order valence-electron chi connectivity index (χ4n) is 9.26. The van der Waals surface area contributed by atoms with Crippen molar-refractivity contribution in [1.29, 1.82) is 0 Å². The molecule has 0 spiro atoms. The van der Waals surface area contributed by atoms with Crippen LogP contribution in [0.25, 0.3) is 88.8 Å². The predicted octanol–water partition coefficient (Wildman–Crippen LogP) is 12.9. The Morgan fingerprint density at radius 2 is 1.31 bits per heavy atom. The minimum Gasteiger partial charge on any atom is -0.312 e. The molecule has 2 aliphatic carbocycles. The van der Waals surface area contributed by atoms with Crippen molar-refractivity contribution in [2.45, 2.75) is 26.2 Å². The molecule has 6 aromatic carbocycles. The molecule has 3 nitrogen and oxygen atoms in total. The van der Waals surface area contributed by atoms with Gasteiger partial charge in [-0.1, -0.05) is 122 Å². The topological polar surface area (TPSA) is 14.8 Å². The van der Waals surface area contributed by atoms with E-state index in [9.17, 15) is 0 Å². The molecule has 0 fully saturated rings. The molecular weight excluding hydrogens is 631 g/mol. The van der Waals surface area contributed by atoms with Gasteiger partial charge in [-0.05, 0) is 73.4 Å². The van der Waals surface area contributed by atoms with Gasteiger partial charge in [0, 0.05) is 61.1 Å². The number of allylic oxidation sites excluding steroid dienone is 5. The highest BCUT2D eigenvalue weighted by molar-refractivity contribution is 6.26. The van der Waals surface area contributed by atoms with Crippen LogP contribution in [0.4, 0.5) is 0 Å². The number of aromatic nitrogens is 3. The van der Waals surface area contributed by atoms with Gasteiger partial charge in [0.1, 0.15) is 0 Å². The van der Waals surface area contributed by atoms with Gasteiger partial charge in [-0.3, -0.25) is 0 Å². The third kappa shape index (κ3) is 4.14. The highest BCUT2D eigenvalue weighted by atomic mass is 15.0. The lowest BCUT2D eigenvalue weighted by molar-refractivity contribution is 0.725. The van der Waals surface area contributed by atoms with E-state index in [1.54, 1.807) is 0 Å². The number of fused-ring (bicyclic) bond motifs is 10. The van der Waals surface area contributed by atoms with E-state index in [0.29, 0.717) is 5.92 Å². The standard InChI is InChI=1S/C49H37N3/c1-32-15-2-8-23-41(32)52-45-27-12-6-21-38(45)39-29-30-47-48(49(39)52)40-22-7-13-28-46(40)50(47)34-17-14-16-33(31-34)35-18-3-9-24-42(35)51-43-25-10-4-19-36(43)37-20-5-11-26-44(37)51/h2-10,12-14,16-25,27-32H,11,15,26H2,1H3. The van der Waals surface area contributed by atoms with Crippen molar-refractivity contribution in [3.8, 4) is 22.5 Å². The minimum atomic E-state index is 0.420. The van der Waals surface area contributed by atoms with E-state index in [2.05, 4.69) is 184 Å². The van der Waals surface area contributed by atoms with E-state index in [4.69, 9.17) is 0 Å². The van der Waals surface area contributed by atoms with Crippen molar-refractivity contribution in [2.75, 3.05) is 0 Å². The molecule has 0 N–H and O–H groups in total. The zero-order chi connectivity index (χ0) is 34.3. The molecule has 0 amide bonds. The molecule has 0 radical (unpaired) electrons. The van der Waals surface area contributed by atoms with Crippen LogP contribution in [0.2, 0.25) is 0 Å². The fraction of sp³-hybridized carbons (Fsp3) is 0.102. The van der Waals surface area contributed by atoms with Gasteiger partial charge in [-0.25, -0.2) is 0 Å². The minimum absolute atomic E-state index is 0.420. The molecule has 1 unspecified atom stereocenters. The Balaban J connectivity index is 1.17. The van der Waals surface area contributed by atoms with Crippen molar-refractivity contribution < 1.29 is 0 Å². The summed E-state index contributed by atoms with van der Waals surface area (Å²) in [4.78, 5) is 0. The molecule has 3 heteroatoms. The predicted molar refractivity (Wildman–Crippen MR) is 221 cm³/mol. The lowest BCUT2D eigenvalue weighted by Crippen LogP contribution is -2.08. The van der Waals surface area contributed by atoms with Crippen LogP contribution in [0.15, 0.2) is 158 Å². The molecular formula is C49H37N3. The second kappa shape index (κ2) is 11.3. The normalized spacial score (nSPS) is 15.7. The Morgan fingerprint density at radius 1 is 0.577 bits per heavy atom. The first-order valence-corrected chi connectivity index (χ1v) is 18.6. The zero-order valence-corrected chi connectivity index (χ0v) is 29.1. The van der Waals surface area contributed by atoms with Crippen LogP contribution in [-0.4, -0.2) is 13.7 Å². The fourth-order valence-corrected chi connectivity index (χ4v) is 9.26. The number of para-hydroxylation sites is 4. The molecule has 0 bridgehead atoms. The Bertz CT molecular complexity index is 3010. The van der Waals surface area contributed by atoms with E-state index < -0.39 is 0 Å². The molecule has 2 aliphatic rings. The quantitative estimate of drug-likeness (QED) is 0.177. The van der Waals surface area contributed by atoms with Crippen LogP contribution in [0.1, 0.15) is 31.0 Å². The van der Waals surface area contributed by atoms with E-state index in [-0.39, 0.29) is 0 Å². The van der Waals surface area contributed by atoms with Gasteiger partial charge in [0.25, 0.3) is 0 Å². The van der Waals surface area contributed by atoms with Crippen LogP contribution < -0.4 is 0 Å². The van der Waals surface area contributed by atoms with Gasteiger partial charge in [-0.15, -0.1) is 0 Å². The summed E-state index contributed by atoms with van der Waals surface area (Å²) < 4.78 is 7.55. The Kier molecular flexibility index (Phi) is 6.42. The van der Waals surface area contributed by atoms with Crippen molar-refractivity contribution in [1.82, 2.24) is 13.7 Å². The monoisotopic (exact) mass is 667 g/mol. The first kappa shape index (κ1) is 29.4. The first-order valence-electron chi connectivity index (χ1n) is 18.6. The number of benzene rings is 6. The number of hydrogen-bond donors (Lipinski definition) is 0. The van der Waals surface area contributed by atoms with Crippen LogP contribution >= 0.6 is 0 Å². The van der Waals surface area contributed by atoms with Gasteiger partial charge in [0.2, 0.25) is 0 Å². The maximum absolute atomic E-state index is 2.56. The summed E-state index contributed by atoms with van der Waals surface area (Å²) in [6, 6.07) is 49.5. The van der Waals surface area contributed by atoms with Crippen molar-refractivity contribution in [2.24, 2.45) is 5.92 Å². The molecule has 9 aromatic rings. The maximum atomic E-state index is 2.56. The molecule has 0 saturated carbocycles. The smallest absolute Gasteiger partial charge is 0.0638 e. The van der Waals surface area contributed by atoms with Crippen LogP contribution in [0.3, 0.4) is 0 Å². The highest BCUT2D eigenvalue weighted by Crippen LogP contribution is 2.44. The number of rotatable bonds is 4. The average molecular weight is 668 g/mol. The van der Waals surface area contributed by atoms with Gasteiger partial charge in [-0.2, -0.15) is 0 Å². The summed E-state index contributed by atoms with van der Waals surface area (Å²) in [5.74, 6) is 0.420. The Hall–Kier alpha value is -6.32. The highest BCUT2D eigenvalue weighted by Gasteiger charge is 2.24. The molecule has 248 valence electrons. The number of nitrogens with zero attached hydrogens (tertiary/aromatic N) is 3. The summed E-state index contributed by atoms with van der Waals surface area (Å²) in [6.07, 6.45) is 14.6. The number of hydrogen-bond acceptors (Lipinski definition) is 0. The van der Waals surface area contributed by atoms with Crippen molar-refractivity contribution in [3.05, 3.63) is 169 Å². The van der Waals surface area contributed by atoms with Crippen LogP contribution in [0.5, 0.6) is 0 Å². The summed E-state index contributed by atoms with van der Waals surface area (Å²) in [5.41, 5.74) is 15.2. The molecule has 3 aromatic heterocycles. The van der Waals surface area contributed by atoms with E-state index in [0.717, 1.165) is 24.9 Å². The molecule has 1 atom stereocenters. The lowest BCUT2D eigenvalue weighted by Gasteiger charge is -2.21. The second-order valence-electron chi connectivity index (χ2n) is 14.4. The summed E-state index contributed by atoms with van der Waals surface area (Å²) in [7, 11) is 0. The second-order valence-corrected chi connectivity index (χ2v) is 14.4. The van der Waals surface area contributed by atoms with Crippen LogP contribution in [-0.2, 0) is 6.42 Å². The summed E-state index contributed by atoms with van der Waals surface area (Å²) in [5, 5.41) is 6.49. The van der Waals surface area contributed by atoms with E-state index in [1.807, 2.05) is 0 Å². The SMILES string of the molecule is CC1CC=CC=C1n1c2ccccc2c2ccc3c(c4ccccc4n3-c3cccc(-c4ccccc4-n4c5c(c6ccccc64)C=CCC5)c3)c21. The molecule has 3 heterocycles. The van der Waals surface area contributed by atoms with Gasteiger partial charge in [0.05, 0.1) is 33.3 Å². The lowest BCUT2D eigenvalue weighted by atomic mass is 9.98.